The monoisotopic (exact) mass is 334 g/mol. The molecule has 1 saturated heterocycles. The van der Waals surface area contributed by atoms with Crippen LogP contribution in [0, 0.1) is 5.92 Å². The number of nitrogens with zero attached hydrogens (tertiary/aromatic N) is 2. The summed E-state index contributed by atoms with van der Waals surface area (Å²) < 4.78 is 5.22. The van der Waals surface area contributed by atoms with Gasteiger partial charge in [0.25, 0.3) is 5.91 Å². The molecule has 6 nitrogen and oxygen atoms in total. The van der Waals surface area contributed by atoms with E-state index < -0.39 is 11.9 Å². The Hall–Kier alpha value is -2.34. The molecule has 2 aromatic rings. The molecule has 23 heavy (non-hydrogen) atoms. The van der Waals surface area contributed by atoms with Crippen LogP contribution in [0.3, 0.4) is 0 Å². The van der Waals surface area contributed by atoms with Gasteiger partial charge in [-0.2, -0.15) is 0 Å². The van der Waals surface area contributed by atoms with E-state index in [4.69, 9.17) is 21.2 Å². The number of carbonyl (C=O) groups is 2. The standard InChI is InChI=1S/C16H15ClN2O4/c17-12-6-2-1-5-11(12)14-8-13(18-23-14)15(20)19-7-3-4-10(9-19)16(21)22/h1-2,5-6,8,10H,3-4,7,9H2,(H,21,22). The highest BCUT2D eigenvalue weighted by atomic mass is 35.5. The Morgan fingerprint density at radius 2 is 2.13 bits per heavy atom. The number of hydrogen-bond acceptors (Lipinski definition) is 4. The van der Waals surface area contributed by atoms with Crippen LogP contribution in [0.1, 0.15) is 23.3 Å². The summed E-state index contributed by atoms with van der Waals surface area (Å²) in [6.45, 7) is 0.722. The second kappa shape index (κ2) is 6.42. The van der Waals surface area contributed by atoms with Crippen molar-refractivity contribution in [3.8, 4) is 11.3 Å². The van der Waals surface area contributed by atoms with Crippen molar-refractivity contribution >= 4 is 23.5 Å². The normalized spacial score (nSPS) is 18.0. The third kappa shape index (κ3) is 3.22. The lowest BCUT2D eigenvalue weighted by molar-refractivity contribution is -0.143. The SMILES string of the molecule is O=C(O)C1CCCN(C(=O)c2cc(-c3ccccc3Cl)on2)C1. The molecule has 1 fully saturated rings. The van der Waals surface area contributed by atoms with Gasteiger partial charge in [0.2, 0.25) is 0 Å². The molecule has 1 aromatic carbocycles. The number of benzene rings is 1. The molecule has 1 aliphatic heterocycles. The summed E-state index contributed by atoms with van der Waals surface area (Å²) in [5.74, 6) is -1.31. The summed E-state index contributed by atoms with van der Waals surface area (Å²) in [5, 5.41) is 13.4. The molecule has 1 unspecified atom stereocenters. The number of aromatic nitrogens is 1. The van der Waals surface area contributed by atoms with E-state index in [-0.39, 0.29) is 18.1 Å². The number of carboxylic acid groups (broad SMARTS) is 1. The van der Waals surface area contributed by atoms with E-state index in [0.717, 1.165) is 0 Å². The lowest BCUT2D eigenvalue weighted by Gasteiger charge is -2.29. The lowest BCUT2D eigenvalue weighted by Crippen LogP contribution is -2.42. The Bertz CT molecular complexity index is 743. The van der Waals surface area contributed by atoms with Crippen molar-refractivity contribution < 1.29 is 19.2 Å². The molecule has 0 saturated carbocycles. The van der Waals surface area contributed by atoms with E-state index in [2.05, 4.69) is 5.16 Å². The van der Waals surface area contributed by atoms with E-state index in [1.807, 2.05) is 6.07 Å². The summed E-state index contributed by atoms with van der Waals surface area (Å²) in [5.41, 5.74) is 0.814. The molecule has 1 aromatic heterocycles. The first-order valence-corrected chi connectivity index (χ1v) is 7.68. The molecule has 1 aliphatic rings. The largest absolute Gasteiger partial charge is 0.481 e. The van der Waals surface area contributed by atoms with Gasteiger partial charge in [-0.25, -0.2) is 0 Å². The molecule has 120 valence electrons. The predicted molar refractivity (Wildman–Crippen MR) is 83.2 cm³/mol. The molecular weight excluding hydrogens is 320 g/mol. The van der Waals surface area contributed by atoms with Crippen molar-refractivity contribution in [1.29, 1.82) is 0 Å². The Kier molecular flexibility index (Phi) is 4.34. The summed E-state index contributed by atoms with van der Waals surface area (Å²) in [6.07, 6.45) is 1.25. The average Bonchev–Trinajstić information content (AvgIpc) is 3.04. The first-order valence-electron chi connectivity index (χ1n) is 7.30. The maximum atomic E-state index is 12.5. The average molecular weight is 335 g/mol. The van der Waals surface area contributed by atoms with Gasteiger partial charge in [0.05, 0.1) is 10.9 Å². The maximum absolute atomic E-state index is 12.5. The van der Waals surface area contributed by atoms with E-state index in [0.29, 0.717) is 35.7 Å². The van der Waals surface area contributed by atoms with Crippen LogP contribution < -0.4 is 0 Å². The zero-order valence-electron chi connectivity index (χ0n) is 12.2. The number of carboxylic acids is 1. The summed E-state index contributed by atoms with van der Waals surface area (Å²) in [7, 11) is 0. The molecule has 3 rings (SSSR count). The topological polar surface area (TPSA) is 83.6 Å². The van der Waals surface area contributed by atoms with Crippen molar-refractivity contribution in [3.63, 3.8) is 0 Å². The van der Waals surface area contributed by atoms with E-state index in [9.17, 15) is 9.59 Å². The van der Waals surface area contributed by atoms with Gasteiger partial charge in [0, 0.05) is 24.7 Å². The number of aliphatic carboxylic acids is 1. The minimum atomic E-state index is -0.876. The number of likely N-dealkylation sites (tertiary alicyclic amines) is 1. The number of rotatable bonds is 3. The molecule has 0 aliphatic carbocycles. The zero-order chi connectivity index (χ0) is 16.4. The van der Waals surface area contributed by atoms with Crippen LogP contribution >= 0.6 is 11.6 Å². The number of halogens is 1. The maximum Gasteiger partial charge on any atom is 0.308 e. The van der Waals surface area contributed by atoms with Crippen LogP contribution in [0.4, 0.5) is 0 Å². The van der Waals surface area contributed by atoms with E-state index >= 15 is 0 Å². The quantitative estimate of drug-likeness (QED) is 0.933. The summed E-state index contributed by atoms with van der Waals surface area (Å²) >= 11 is 6.10. The number of piperidine rings is 1. The fourth-order valence-corrected chi connectivity index (χ4v) is 2.92. The zero-order valence-corrected chi connectivity index (χ0v) is 13.0. The van der Waals surface area contributed by atoms with Gasteiger partial charge in [-0.3, -0.25) is 9.59 Å². The van der Waals surface area contributed by atoms with Crippen molar-refractivity contribution in [2.75, 3.05) is 13.1 Å². The minimum Gasteiger partial charge on any atom is -0.481 e. The van der Waals surface area contributed by atoms with Crippen LogP contribution in [0.2, 0.25) is 5.02 Å². The number of carbonyl (C=O) groups excluding carboxylic acids is 1. The molecule has 1 N–H and O–H groups in total. The minimum absolute atomic E-state index is 0.158. The van der Waals surface area contributed by atoms with Gasteiger partial charge >= 0.3 is 5.97 Å². The number of hydrogen-bond donors (Lipinski definition) is 1. The highest BCUT2D eigenvalue weighted by Crippen LogP contribution is 2.28. The molecule has 0 bridgehead atoms. The molecule has 0 spiro atoms. The third-order valence-electron chi connectivity index (χ3n) is 3.93. The molecule has 7 heteroatoms. The van der Waals surface area contributed by atoms with Gasteiger partial charge in [-0.05, 0) is 25.0 Å². The summed E-state index contributed by atoms with van der Waals surface area (Å²) in [6, 6.07) is 8.65. The molecule has 0 radical (unpaired) electrons. The van der Waals surface area contributed by atoms with Crippen molar-refractivity contribution in [2.45, 2.75) is 12.8 Å². The van der Waals surface area contributed by atoms with Gasteiger partial charge in [-0.1, -0.05) is 28.9 Å². The first-order chi connectivity index (χ1) is 11.1. The highest BCUT2D eigenvalue weighted by Gasteiger charge is 2.30. The summed E-state index contributed by atoms with van der Waals surface area (Å²) in [4.78, 5) is 25.1. The Morgan fingerprint density at radius 3 is 2.87 bits per heavy atom. The van der Waals surface area contributed by atoms with Gasteiger partial charge in [-0.15, -0.1) is 0 Å². The highest BCUT2D eigenvalue weighted by molar-refractivity contribution is 6.33. The second-order valence-corrected chi connectivity index (χ2v) is 5.89. The van der Waals surface area contributed by atoms with Crippen LogP contribution in [0.15, 0.2) is 34.9 Å². The number of amides is 1. The van der Waals surface area contributed by atoms with Crippen LogP contribution in [-0.2, 0) is 4.79 Å². The third-order valence-corrected chi connectivity index (χ3v) is 4.26. The Labute approximate surface area is 137 Å². The van der Waals surface area contributed by atoms with Crippen LogP contribution in [0.5, 0.6) is 0 Å². The van der Waals surface area contributed by atoms with Gasteiger partial charge in [0.15, 0.2) is 11.5 Å². The fraction of sp³-hybridized carbons (Fsp3) is 0.312. The van der Waals surface area contributed by atoms with Gasteiger partial charge < -0.3 is 14.5 Å². The second-order valence-electron chi connectivity index (χ2n) is 5.48. The molecule has 1 atom stereocenters. The fourth-order valence-electron chi connectivity index (χ4n) is 2.69. The lowest BCUT2D eigenvalue weighted by atomic mass is 9.98. The van der Waals surface area contributed by atoms with E-state index in [1.165, 1.54) is 11.0 Å². The first kappa shape index (κ1) is 15.6. The Balaban J connectivity index is 1.79. The molecule has 2 heterocycles. The molecule has 1 amide bonds. The smallest absolute Gasteiger partial charge is 0.308 e. The van der Waals surface area contributed by atoms with Crippen LogP contribution in [-0.4, -0.2) is 40.1 Å². The van der Waals surface area contributed by atoms with E-state index in [1.54, 1.807) is 18.2 Å². The Morgan fingerprint density at radius 1 is 1.35 bits per heavy atom. The van der Waals surface area contributed by atoms with Gasteiger partial charge in [0.1, 0.15) is 0 Å². The van der Waals surface area contributed by atoms with Crippen molar-refractivity contribution in [3.05, 3.63) is 41.0 Å². The predicted octanol–water partition coefficient (Wildman–Crippen LogP) is 2.93. The van der Waals surface area contributed by atoms with Crippen molar-refractivity contribution in [2.24, 2.45) is 5.92 Å². The molecular formula is C16H15ClN2O4. The van der Waals surface area contributed by atoms with Crippen molar-refractivity contribution in [1.82, 2.24) is 10.1 Å². The van der Waals surface area contributed by atoms with Crippen LogP contribution in [0.25, 0.3) is 11.3 Å².